The Balaban J connectivity index is 2.47. The van der Waals surface area contributed by atoms with Gasteiger partial charge in [0.2, 0.25) is 5.91 Å². The fourth-order valence-corrected chi connectivity index (χ4v) is 2.12. The molecular weight excluding hydrogens is 184 g/mol. The highest BCUT2D eigenvalue weighted by Gasteiger charge is 2.28. The van der Waals surface area contributed by atoms with Crippen LogP contribution in [0, 0.1) is 17.2 Å². The van der Waals surface area contributed by atoms with Gasteiger partial charge in [-0.2, -0.15) is 17.0 Å². The minimum Gasteiger partial charge on any atom is -0.340 e. The molecular formula is C9H14N2OS. The maximum atomic E-state index is 11.5. The van der Waals surface area contributed by atoms with Crippen LogP contribution < -0.4 is 0 Å². The molecule has 0 aromatic heterocycles. The van der Waals surface area contributed by atoms with E-state index in [0.717, 1.165) is 19.5 Å². The molecule has 0 spiro atoms. The van der Waals surface area contributed by atoms with Crippen molar-refractivity contribution in [3.05, 3.63) is 0 Å². The third-order valence-corrected chi connectivity index (χ3v) is 3.41. The molecule has 1 amide bonds. The maximum absolute atomic E-state index is 11.5. The Bertz CT molecular complexity index is 236. The van der Waals surface area contributed by atoms with E-state index in [1.807, 2.05) is 6.07 Å². The second kappa shape index (κ2) is 4.52. The van der Waals surface area contributed by atoms with Crippen molar-refractivity contribution in [1.29, 1.82) is 5.26 Å². The Hall–Kier alpha value is -0.690. The Morgan fingerprint density at radius 1 is 1.77 bits per heavy atom. The first-order valence-corrected chi connectivity index (χ1v) is 5.69. The van der Waals surface area contributed by atoms with E-state index in [-0.39, 0.29) is 5.91 Å². The first-order valence-electron chi connectivity index (χ1n) is 4.40. The summed E-state index contributed by atoms with van der Waals surface area (Å²) in [5.74, 6) is -0.500. The molecule has 0 bridgehead atoms. The third-order valence-electron chi connectivity index (χ3n) is 2.35. The van der Waals surface area contributed by atoms with E-state index in [9.17, 15) is 4.79 Å². The summed E-state index contributed by atoms with van der Waals surface area (Å²) in [5, 5.41) is 9.15. The SMILES string of the molecule is CSC1CCN(C(=O)C(C)C#N)C1. The fourth-order valence-electron chi connectivity index (χ4n) is 1.45. The van der Waals surface area contributed by atoms with Gasteiger partial charge >= 0.3 is 0 Å². The molecule has 1 aliphatic rings. The van der Waals surface area contributed by atoms with Crippen LogP contribution in [0.25, 0.3) is 0 Å². The molecule has 1 rings (SSSR count). The number of carbonyl (C=O) groups is 1. The van der Waals surface area contributed by atoms with E-state index in [4.69, 9.17) is 5.26 Å². The largest absolute Gasteiger partial charge is 0.340 e. The van der Waals surface area contributed by atoms with Crippen LogP contribution in [0.4, 0.5) is 0 Å². The number of rotatable bonds is 2. The molecule has 0 aliphatic carbocycles. The standard InChI is InChI=1S/C9H14N2OS/c1-7(5-10)9(12)11-4-3-8(6-11)13-2/h7-8H,3-4,6H2,1-2H3. The molecule has 1 heterocycles. The number of hydrogen-bond acceptors (Lipinski definition) is 3. The average molecular weight is 198 g/mol. The van der Waals surface area contributed by atoms with Crippen molar-refractivity contribution in [3.63, 3.8) is 0 Å². The monoisotopic (exact) mass is 198 g/mol. The van der Waals surface area contributed by atoms with Crippen LogP contribution in [0.3, 0.4) is 0 Å². The average Bonchev–Trinajstić information content (AvgIpc) is 2.63. The van der Waals surface area contributed by atoms with Crippen molar-refractivity contribution >= 4 is 17.7 Å². The summed E-state index contributed by atoms with van der Waals surface area (Å²) in [6, 6.07) is 1.98. The van der Waals surface area contributed by atoms with Gasteiger partial charge in [-0.15, -0.1) is 0 Å². The lowest BCUT2D eigenvalue weighted by molar-refractivity contribution is -0.132. The maximum Gasteiger partial charge on any atom is 0.239 e. The Morgan fingerprint density at radius 2 is 2.46 bits per heavy atom. The number of amides is 1. The number of nitriles is 1. The zero-order valence-corrected chi connectivity index (χ0v) is 8.80. The van der Waals surface area contributed by atoms with Gasteiger partial charge in [0, 0.05) is 18.3 Å². The van der Waals surface area contributed by atoms with E-state index in [2.05, 4.69) is 6.26 Å². The van der Waals surface area contributed by atoms with Crippen molar-refractivity contribution in [2.24, 2.45) is 5.92 Å². The minimum atomic E-state index is -0.486. The van der Waals surface area contributed by atoms with Gasteiger partial charge in [0.15, 0.2) is 0 Å². The van der Waals surface area contributed by atoms with Crippen LogP contribution in [0.1, 0.15) is 13.3 Å². The minimum absolute atomic E-state index is 0.0148. The molecule has 0 saturated carbocycles. The molecule has 1 saturated heterocycles. The number of nitrogens with zero attached hydrogens (tertiary/aromatic N) is 2. The van der Waals surface area contributed by atoms with Gasteiger partial charge in [0.1, 0.15) is 5.92 Å². The van der Waals surface area contributed by atoms with Crippen LogP contribution in [-0.4, -0.2) is 35.4 Å². The summed E-state index contributed by atoms with van der Waals surface area (Å²) >= 11 is 1.80. The lowest BCUT2D eigenvalue weighted by Crippen LogP contribution is -2.33. The molecule has 1 aliphatic heterocycles. The van der Waals surface area contributed by atoms with Gasteiger partial charge in [0.05, 0.1) is 6.07 Å². The molecule has 0 radical (unpaired) electrons. The normalized spacial score (nSPS) is 24.1. The number of carbonyl (C=O) groups excluding carboxylic acids is 1. The predicted molar refractivity (Wildman–Crippen MR) is 53.3 cm³/mol. The Morgan fingerprint density at radius 3 is 2.92 bits per heavy atom. The second-order valence-corrected chi connectivity index (χ2v) is 4.42. The lowest BCUT2D eigenvalue weighted by Gasteiger charge is -2.16. The lowest BCUT2D eigenvalue weighted by atomic mass is 10.2. The van der Waals surface area contributed by atoms with Crippen LogP contribution in [0.5, 0.6) is 0 Å². The molecule has 0 N–H and O–H groups in total. The van der Waals surface area contributed by atoms with Crippen molar-refractivity contribution in [1.82, 2.24) is 4.90 Å². The second-order valence-electron chi connectivity index (χ2n) is 3.28. The van der Waals surface area contributed by atoms with Gasteiger partial charge < -0.3 is 4.90 Å². The quantitative estimate of drug-likeness (QED) is 0.667. The Labute approximate surface area is 83.1 Å². The van der Waals surface area contributed by atoms with Gasteiger partial charge in [-0.25, -0.2) is 0 Å². The summed E-state index contributed by atoms with van der Waals surface area (Å²) < 4.78 is 0. The van der Waals surface area contributed by atoms with Gasteiger partial charge in [-0.1, -0.05) is 0 Å². The van der Waals surface area contributed by atoms with Gasteiger partial charge in [-0.3, -0.25) is 4.79 Å². The fraction of sp³-hybridized carbons (Fsp3) is 0.778. The highest BCUT2D eigenvalue weighted by atomic mass is 32.2. The molecule has 2 unspecified atom stereocenters. The molecule has 0 aromatic carbocycles. The van der Waals surface area contributed by atoms with Crippen molar-refractivity contribution < 1.29 is 4.79 Å². The molecule has 0 aromatic rings. The highest BCUT2D eigenvalue weighted by Crippen LogP contribution is 2.21. The van der Waals surface area contributed by atoms with E-state index in [1.54, 1.807) is 23.6 Å². The van der Waals surface area contributed by atoms with E-state index in [0.29, 0.717) is 5.25 Å². The number of likely N-dealkylation sites (tertiary alicyclic amines) is 1. The van der Waals surface area contributed by atoms with Gasteiger partial charge in [-0.05, 0) is 19.6 Å². The summed E-state index contributed by atoms with van der Waals surface area (Å²) in [7, 11) is 0. The molecule has 4 heteroatoms. The zero-order valence-electron chi connectivity index (χ0n) is 7.99. The topological polar surface area (TPSA) is 44.1 Å². The molecule has 1 fully saturated rings. The first-order chi connectivity index (χ1) is 6.19. The molecule has 72 valence electrons. The highest BCUT2D eigenvalue weighted by molar-refractivity contribution is 7.99. The van der Waals surface area contributed by atoms with E-state index >= 15 is 0 Å². The third kappa shape index (κ3) is 2.38. The first kappa shape index (κ1) is 10.4. The molecule has 13 heavy (non-hydrogen) atoms. The van der Waals surface area contributed by atoms with Crippen molar-refractivity contribution in [3.8, 4) is 6.07 Å². The summed E-state index contributed by atoms with van der Waals surface area (Å²) in [5.41, 5.74) is 0. The van der Waals surface area contributed by atoms with Crippen LogP contribution in [0.15, 0.2) is 0 Å². The summed E-state index contributed by atoms with van der Waals surface area (Å²) in [4.78, 5) is 13.3. The predicted octanol–water partition coefficient (Wildman–Crippen LogP) is 1.11. The van der Waals surface area contributed by atoms with Crippen molar-refractivity contribution in [2.45, 2.75) is 18.6 Å². The molecule has 2 atom stereocenters. The van der Waals surface area contributed by atoms with Crippen LogP contribution in [-0.2, 0) is 4.79 Å². The smallest absolute Gasteiger partial charge is 0.239 e. The van der Waals surface area contributed by atoms with Gasteiger partial charge in [0.25, 0.3) is 0 Å². The summed E-state index contributed by atoms with van der Waals surface area (Å²) in [6.07, 6.45) is 3.12. The zero-order chi connectivity index (χ0) is 9.84. The summed E-state index contributed by atoms with van der Waals surface area (Å²) in [6.45, 7) is 3.29. The van der Waals surface area contributed by atoms with E-state index < -0.39 is 5.92 Å². The Kier molecular flexibility index (Phi) is 3.61. The van der Waals surface area contributed by atoms with Crippen LogP contribution >= 0.6 is 11.8 Å². The van der Waals surface area contributed by atoms with Crippen molar-refractivity contribution in [2.75, 3.05) is 19.3 Å². The molecule has 3 nitrogen and oxygen atoms in total. The number of thioether (sulfide) groups is 1. The number of hydrogen-bond donors (Lipinski definition) is 0. The van der Waals surface area contributed by atoms with Crippen LogP contribution in [0.2, 0.25) is 0 Å². The van der Waals surface area contributed by atoms with E-state index in [1.165, 1.54) is 0 Å².